The molecular weight excluding hydrogens is 204 g/mol. The van der Waals surface area contributed by atoms with Gasteiger partial charge in [-0.15, -0.1) is 0 Å². The van der Waals surface area contributed by atoms with Crippen LogP contribution in [0.4, 0.5) is 5.82 Å². The summed E-state index contributed by atoms with van der Waals surface area (Å²) >= 11 is 0. The average Bonchev–Trinajstić information content (AvgIpc) is 2.29. The third kappa shape index (κ3) is 2.30. The third-order valence-corrected chi connectivity index (χ3v) is 2.68. The molecule has 1 amide bonds. The molecule has 5 heteroatoms. The van der Waals surface area contributed by atoms with Crippen molar-refractivity contribution in [1.82, 2.24) is 10.3 Å². The van der Waals surface area contributed by atoms with E-state index in [1.54, 1.807) is 6.07 Å². The summed E-state index contributed by atoms with van der Waals surface area (Å²) in [7, 11) is 0. The average molecular weight is 220 g/mol. The Morgan fingerprint density at radius 3 is 3.12 bits per heavy atom. The van der Waals surface area contributed by atoms with Gasteiger partial charge in [-0.2, -0.15) is 0 Å². The fraction of sp³-hybridized carbons (Fsp3) is 0.455. The molecule has 0 bridgehead atoms. The Morgan fingerprint density at radius 2 is 2.44 bits per heavy atom. The van der Waals surface area contributed by atoms with Crippen LogP contribution in [-0.2, 0) is 0 Å². The molecule has 16 heavy (non-hydrogen) atoms. The van der Waals surface area contributed by atoms with Crippen LogP contribution < -0.4 is 16.0 Å². The molecule has 0 saturated carbocycles. The first-order valence-corrected chi connectivity index (χ1v) is 5.42. The lowest BCUT2D eigenvalue weighted by molar-refractivity contribution is 0.0995. The van der Waals surface area contributed by atoms with E-state index in [1.165, 1.54) is 0 Å². The Labute approximate surface area is 94.6 Å². The smallest absolute Gasteiger partial charge is 0.267 e. The summed E-state index contributed by atoms with van der Waals surface area (Å²) in [6, 6.07) is 5.80. The number of hydrogen-bond donors (Lipinski definition) is 2. The van der Waals surface area contributed by atoms with Crippen molar-refractivity contribution < 1.29 is 4.79 Å². The molecule has 3 N–H and O–H groups in total. The monoisotopic (exact) mass is 220 g/mol. The Balaban J connectivity index is 2.19. The molecule has 86 valence electrons. The predicted octanol–water partition coefficient (Wildman–Crippen LogP) is -0.0214. The van der Waals surface area contributed by atoms with Crippen LogP contribution >= 0.6 is 0 Å². The van der Waals surface area contributed by atoms with E-state index < -0.39 is 5.91 Å². The second-order valence-electron chi connectivity index (χ2n) is 4.05. The second-order valence-corrected chi connectivity index (χ2v) is 4.05. The van der Waals surface area contributed by atoms with Crippen LogP contribution in [0.2, 0.25) is 0 Å². The van der Waals surface area contributed by atoms with E-state index in [-0.39, 0.29) is 0 Å². The van der Waals surface area contributed by atoms with Gasteiger partial charge in [0.2, 0.25) is 0 Å². The maximum atomic E-state index is 11.0. The third-order valence-electron chi connectivity index (χ3n) is 2.68. The van der Waals surface area contributed by atoms with E-state index in [0.29, 0.717) is 11.7 Å². The number of hydrogen-bond acceptors (Lipinski definition) is 4. The number of aromatic nitrogens is 1. The molecule has 0 spiro atoms. The van der Waals surface area contributed by atoms with Crippen LogP contribution in [0.25, 0.3) is 0 Å². The Bertz CT molecular complexity index is 393. The van der Waals surface area contributed by atoms with Crippen LogP contribution in [0.15, 0.2) is 18.2 Å². The van der Waals surface area contributed by atoms with Crippen molar-refractivity contribution in [2.75, 3.05) is 24.5 Å². The number of anilines is 1. The molecule has 1 aromatic rings. The summed E-state index contributed by atoms with van der Waals surface area (Å²) < 4.78 is 0. The van der Waals surface area contributed by atoms with Crippen LogP contribution in [0.1, 0.15) is 17.4 Å². The van der Waals surface area contributed by atoms with Crippen LogP contribution in [0, 0.1) is 0 Å². The van der Waals surface area contributed by atoms with Crippen molar-refractivity contribution in [3.63, 3.8) is 0 Å². The number of carbonyl (C=O) groups excluding carboxylic acids is 1. The highest BCUT2D eigenvalue weighted by Gasteiger charge is 2.17. The number of carbonyl (C=O) groups is 1. The van der Waals surface area contributed by atoms with Gasteiger partial charge in [0.05, 0.1) is 0 Å². The molecule has 0 aromatic carbocycles. The van der Waals surface area contributed by atoms with Gasteiger partial charge < -0.3 is 16.0 Å². The standard InChI is InChI=1S/C11H16N4O/c1-8-7-15(6-5-13-8)10-4-2-3-9(14-10)11(12)16/h2-4,8,13H,5-7H2,1H3,(H2,12,16). The van der Waals surface area contributed by atoms with Gasteiger partial charge in [0.25, 0.3) is 5.91 Å². The van der Waals surface area contributed by atoms with Gasteiger partial charge in [0, 0.05) is 25.7 Å². The first-order chi connectivity index (χ1) is 7.66. The zero-order valence-electron chi connectivity index (χ0n) is 9.31. The first kappa shape index (κ1) is 10.9. The molecule has 0 aliphatic carbocycles. The number of amides is 1. The Morgan fingerprint density at radius 1 is 1.62 bits per heavy atom. The maximum Gasteiger partial charge on any atom is 0.267 e. The molecule has 1 aliphatic rings. The largest absolute Gasteiger partial charge is 0.364 e. The van der Waals surface area contributed by atoms with Crippen LogP contribution in [0.3, 0.4) is 0 Å². The minimum atomic E-state index is -0.481. The molecule has 2 heterocycles. The molecule has 0 radical (unpaired) electrons. The highest BCUT2D eigenvalue weighted by molar-refractivity contribution is 5.91. The van der Waals surface area contributed by atoms with Crippen molar-refractivity contribution in [3.8, 4) is 0 Å². The fourth-order valence-electron chi connectivity index (χ4n) is 1.88. The number of nitrogens with one attached hydrogen (secondary N) is 1. The van der Waals surface area contributed by atoms with Gasteiger partial charge in [0.15, 0.2) is 0 Å². The quantitative estimate of drug-likeness (QED) is 0.734. The van der Waals surface area contributed by atoms with Crippen LogP contribution in [0.5, 0.6) is 0 Å². The topological polar surface area (TPSA) is 71.2 Å². The second kappa shape index (κ2) is 4.49. The van der Waals surface area contributed by atoms with Gasteiger partial charge in [-0.05, 0) is 19.1 Å². The lowest BCUT2D eigenvalue weighted by Gasteiger charge is -2.32. The lowest BCUT2D eigenvalue weighted by Crippen LogP contribution is -2.49. The molecule has 1 atom stereocenters. The van der Waals surface area contributed by atoms with E-state index in [9.17, 15) is 4.79 Å². The summed E-state index contributed by atoms with van der Waals surface area (Å²) in [6.07, 6.45) is 0. The zero-order chi connectivity index (χ0) is 11.5. The van der Waals surface area contributed by atoms with E-state index in [2.05, 4.69) is 22.1 Å². The van der Waals surface area contributed by atoms with Gasteiger partial charge in [-0.1, -0.05) is 6.07 Å². The summed E-state index contributed by atoms with van der Waals surface area (Å²) in [5.74, 6) is 0.342. The van der Waals surface area contributed by atoms with Gasteiger partial charge in [-0.25, -0.2) is 4.98 Å². The summed E-state index contributed by atoms with van der Waals surface area (Å²) in [5, 5.41) is 3.36. The van der Waals surface area contributed by atoms with Gasteiger partial charge >= 0.3 is 0 Å². The number of rotatable bonds is 2. The minimum Gasteiger partial charge on any atom is -0.364 e. The predicted molar refractivity (Wildman–Crippen MR) is 62.4 cm³/mol. The number of piperazine rings is 1. The molecule has 1 fully saturated rings. The molecular formula is C11H16N4O. The molecule has 1 unspecified atom stereocenters. The zero-order valence-corrected chi connectivity index (χ0v) is 9.31. The molecule has 1 aromatic heterocycles. The number of primary amides is 1. The van der Waals surface area contributed by atoms with E-state index in [0.717, 1.165) is 25.5 Å². The highest BCUT2D eigenvalue weighted by Crippen LogP contribution is 2.13. The Hall–Kier alpha value is -1.62. The van der Waals surface area contributed by atoms with Crippen molar-refractivity contribution in [1.29, 1.82) is 0 Å². The number of nitrogens with two attached hydrogens (primary N) is 1. The molecule has 1 aliphatic heterocycles. The molecule has 1 saturated heterocycles. The van der Waals surface area contributed by atoms with E-state index in [4.69, 9.17) is 5.73 Å². The van der Waals surface area contributed by atoms with Crippen LogP contribution in [-0.4, -0.2) is 36.6 Å². The summed E-state index contributed by atoms with van der Waals surface area (Å²) in [5.41, 5.74) is 5.53. The lowest BCUT2D eigenvalue weighted by atomic mass is 10.2. The van der Waals surface area contributed by atoms with E-state index in [1.807, 2.05) is 12.1 Å². The number of nitrogens with zero attached hydrogens (tertiary/aromatic N) is 2. The highest BCUT2D eigenvalue weighted by atomic mass is 16.1. The van der Waals surface area contributed by atoms with Crippen molar-refractivity contribution >= 4 is 11.7 Å². The molecule has 5 nitrogen and oxygen atoms in total. The maximum absolute atomic E-state index is 11.0. The number of pyridine rings is 1. The normalized spacial score (nSPS) is 20.8. The summed E-state index contributed by atoms with van der Waals surface area (Å²) in [4.78, 5) is 17.4. The Kier molecular flexibility index (Phi) is 3.05. The van der Waals surface area contributed by atoms with Crippen molar-refractivity contribution in [2.45, 2.75) is 13.0 Å². The minimum absolute atomic E-state index is 0.323. The fourth-order valence-corrected chi connectivity index (χ4v) is 1.88. The molecule has 2 rings (SSSR count). The van der Waals surface area contributed by atoms with Gasteiger partial charge in [-0.3, -0.25) is 4.79 Å². The van der Waals surface area contributed by atoms with E-state index >= 15 is 0 Å². The van der Waals surface area contributed by atoms with Crippen molar-refractivity contribution in [3.05, 3.63) is 23.9 Å². The SMILES string of the molecule is CC1CN(c2cccc(C(N)=O)n2)CCN1. The van der Waals surface area contributed by atoms with Gasteiger partial charge in [0.1, 0.15) is 11.5 Å². The first-order valence-electron chi connectivity index (χ1n) is 5.42. The summed E-state index contributed by atoms with van der Waals surface area (Å²) in [6.45, 7) is 4.86. The van der Waals surface area contributed by atoms with Crippen molar-refractivity contribution in [2.24, 2.45) is 5.73 Å².